The minimum absolute atomic E-state index is 0.103. The summed E-state index contributed by atoms with van der Waals surface area (Å²) in [5.41, 5.74) is 3.35. The number of amides is 1. The van der Waals surface area contributed by atoms with Gasteiger partial charge in [0.05, 0.1) is 6.54 Å². The van der Waals surface area contributed by atoms with E-state index in [2.05, 4.69) is 61.0 Å². The summed E-state index contributed by atoms with van der Waals surface area (Å²) >= 11 is 0. The molecule has 0 unspecified atom stereocenters. The highest BCUT2D eigenvalue weighted by Gasteiger charge is 2.19. The van der Waals surface area contributed by atoms with Gasteiger partial charge in [0.25, 0.3) is 0 Å². The summed E-state index contributed by atoms with van der Waals surface area (Å²) in [6.07, 6.45) is 0.936. The first-order valence-electron chi connectivity index (χ1n) is 8.82. The third kappa shape index (κ3) is 5.33. The minimum atomic E-state index is 0.103. The first kappa shape index (κ1) is 18.0. The Morgan fingerprint density at radius 2 is 1.83 bits per heavy atom. The third-order valence-electron chi connectivity index (χ3n) is 4.46. The van der Waals surface area contributed by atoms with E-state index in [-0.39, 0.29) is 5.91 Å². The number of nitrogens with zero attached hydrogens (tertiary/aromatic N) is 2. The molecule has 0 aromatic heterocycles. The Hall–Kier alpha value is -1.39. The van der Waals surface area contributed by atoms with Crippen LogP contribution < -0.4 is 5.32 Å². The maximum absolute atomic E-state index is 12.4. The summed E-state index contributed by atoms with van der Waals surface area (Å²) in [7, 11) is 0. The van der Waals surface area contributed by atoms with Crippen molar-refractivity contribution in [2.75, 3.05) is 44.6 Å². The van der Waals surface area contributed by atoms with Crippen LogP contribution in [0.2, 0.25) is 0 Å². The summed E-state index contributed by atoms with van der Waals surface area (Å²) in [6, 6.07) is 6.20. The fraction of sp³-hybridized carbons (Fsp3) is 0.632. The zero-order valence-corrected chi connectivity index (χ0v) is 15.1. The Labute approximate surface area is 140 Å². The molecule has 4 heteroatoms. The maximum Gasteiger partial charge on any atom is 0.238 e. The van der Waals surface area contributed by atoms with Crippen LogP contribution in [0.1, 0.15) is 31.9 Å². The second kappa shape index (κ2) is 8.46. The van der Waals surface area contributed by atoms with Crippen molar-refractivity contribution in [3.05, 3.63) is 29.3 Å². The average Bonchev–Trinajstić information content (AvgIpc) is 2.50. The number of nitrogens with one attached hydrogen (secondary N) is 1. The standard InChI is InChI=1S/C19H31N3O/c1-5-17-8-6-7-16(4)19(17)20-18(23)14-22-11-9-21(10-12-22)13-15(2)3/h6-8,15H,5,9-14H2,1-4H3,(H,20,23). The minimum Gasteiger partial charge on any atom is -0.324 e. The van der Waals surface area contributed by atoms with Gasteiger partial charge < -0.3 is 10.2 Å². The lowest BCUT2D eigenvalue weighted by atomic mass is 10.1. The van der Waals surface area contributed by atoms with Crippen LogP contribution in [0.15, 0.2) is 18.2 Å². The molecule has 1 fully saturated rings. The van der Waals surface area contributed by atoms with Crippen LogP contribution in [0, 0.1) is 12.8 Å². The number of hydrogen-bond donors (Lipinski definition) is 1. The van der Waals surface area contributed by atoms with Gasteiger partial charge >= 0.3 is 0 Å². The van der Waals surface area contributed by atoms with E-state index in [0.29, 0.717) is 12.5 Å². The van der Waals surface area contributed by atoms with Crippen molar-refractivity contribution in [1.82, 2.24) is 9.80 Å². The molecule has 1 amide bonds. The Balaban J connectivity index is 1.85. The fourth-order valence-corrected chi connectivity index (χ4v) is 3.23. The van der Waals surface area contributed by atoms with Gasteiger partial charge in [-0.2, -0.15) is 0 Å². The first-order chi connectivity index (χ1) is 11.0. The molecule has 2 rings (SSSR count). The van der Waals surface area contributed by atoms with E-state index in [1.165, 1.54) is 5.56 Å². The molecule has 0 saturated carbocycles. The van der Waals surface area contributed by atoms with Gasteiger partial charge in [-0.3, -0.25) is 9.69 Å². The van der Waals surface area contributed by atoms with Gasteiger partial charge in [0.15, 0.2) is 0 Å². The third-order valence-corrected chi connectivity index (χ3v) is 4.46. The van der Waals surface area contributed by atoms with Crippen molar-refractivity contribution in [1.29, 1.82) is 0 Å². The molecule has 0 spiro atoms. The molecular formula is C19H31N3O. The van der Waals surface area contributed by atoms with Crippen LogP contribution in [0.4, 0.5) is 5.69 Å². The maximum atomic E-state index is 12.4. The Kier molecular flexibility index (Phi) is 6.60. The van der Waals surface area contributed by atoms with Crippen molar-refractivity contribution in [3.63, 3.8) is 0 Å². The number of carbonyl (C=O) groups excluding carboxylic acids is 1. The van der Waals surface area contributed by atoms with Crippen LogP contribution in [0.3, 0.4) is 0 Å². The number of para-hydroxylation sites is 1. The molecule has 1 aromatic carbocycles. The fourth-order valence-electron chi connectivity index (χ4n) is 3.23. The second-order valence-corrected chi connectivity index (χ2v) is 6.98. The highest BCUT2D eigenvalue weighted by Crippen LogP contribution is 2.21. The van der Waals surface area contributed by atoms with Crippen molar-refractivity contribution in [2.45, 2.75) is 34.1 Å². The van der Waals surface area contributed by atoms with Crippen LogP contribution in [-0.2, 0) is 11.2 Å². The highest BCUT2D eigenvalue weighted by atomic mass is 16.2. The Morgan fingerprint density at radius 1 is 1.17 bits per heavy atom. The van der Waals surface area contributed by atoms with E-state index in [1.54, 1.807) is 0 Å². The van der Waals surface area contributed by atoms with Gasteiger partial charge in [0.1, 0.15) is 0 Å². The molecular weight excluding hydrogens is 286 g/mol. The van der Waals surface area contributed by atoms with Crippen molar-refractivity contribution in [2.24, 2.45) is 5.92 Å². The molecule has 1 N–H and O–H groups in total. The second-order valence-electron chi connectivity index (χ2n) is 6.98. The van der Waals surface area contributed by atoms with Crippen LogP contribution in [0.5, 0.6) is 0 Å². The normalized spacial score (nSPS) is 16.7. The smallest absolute Gasteiger partial charge is 0.238 e. The van der Waals surface area contributed by atoms with Gasteiger partial charge in [-0.1, -0.05) is 39.0 Å². The molecule has 4 nitrogen and oxygen atoms in total. The number of piperazine rings is 1. The van der Waals surface area contributed by atoms with Crippen molar-refractivity contribution < 1.29 is 4.79 Å². The quantitative estimate of drug-likeness (QED) is 0.876. The van der Waals surface area contributed by atoms with E-state index in [9.17, 15) is 4.79 Å². The summed E-state index contributed by atoms with van der Waals surface area (Å²) in [4.78, 5) is 17.1. The molecule has 0 radical (unpaired) electrons. The lowest BCUT2D eigenvalue weighted by Crippen LogP contribution is -2.49. The van der Waals surface area contributed by atoms with Gasteiger partial charge in [-0.05, 0) is 30.4 Å². The monoisotopic (exact) mass is 317 g/mol. The van der Waals surface area contributed by atoms with Crippen LogP contribution >= 0.6 is 0 Å². The lowest BCUT2D eigenvalue weighted by Gasteiger charge is -2.35. The van der Waals surface area contributed by atoms with Crippen LogP contribution in [0.25, 0.3) is 0 Å². The van der Waals surface area contributed by atoms with Gasteiger partial charge in [0, 0.05) is 38.4 Å². The zero-order valence-electron chi connectivity index (χ0n) is 15.1. The van der Waals surface area contributed by atoms with Crippen LogP contribution in [-0.4, -0.2) is 55.0 Å². The van der Waals surface area contributed by atoms with Gasteiger partial charge in [-0.15, -0.1) is 0 Å². The molecule has 1 aliphatic rings. The number of benzene rings is 1. The summed E-state index contributed by atoms with van der Waals surface area (Å²) in [6.45, 7) is 14.4. The molecule has 1 heterocycles. The Morgan fingerprint density at radius 3 is 2.43 bits per heavy atom. The number of rotatable bonds is 6. The average molecular weight is 317 g/mol. The predicted octanol–water partition coefficient (Wildman–Crippen LogP) is 2.77. The molecule has 0 aliphatic carbocycles. The SMILES string of the molecule is CCc1cccc(C)c1NC(=O)CN1CCN(CC(C)C)CC1. The predicted molar refractivity (Wildman–Crippen MR) is 96.9 cm³/mol. The number of carbonyl (C=O) groups is 1. The van der Waals surface area contributed by atoms with Gasteiger partial charge in [0.2, 0.25) is 5.91 Å². The molecule has 23 heavy (non-hydrogen) atoms. The summed E-state index contributed by atoms with van der Waals surface area (Å²) in [5.74, 6) is 0.810. The van der Waals surface area contributed by atoms with E-state index in [0.717, 1.165) is 50.4 Å². The van der Waals surface area contributed by atoms with Crippen molar-refractivity contribution in [3.8, 4) is 0 Å². The molecule has 1 aliphatic heterocycles. The van der Waals surface area contributed by atoms with E-state index < -0.39 is 0 Å². The lowest BCUT2D eigenvalue weighted by molar-refractivity contribution is -0.117. The summed E-state index contributed by atoms with van der Waals surface area (Å²) in [5, 5.41) is 3.13. The largest absolute Gasteiger partial charge is 0.324 e. The molecule has 0 bridgehead atoms. The summed E-state index contributed by atoms with van der Waals surface area (Å²) < 4.78 is 0. The topological polar surface area (TPSA) is 35.6 Å². The number of anilines is 1. The highest BCUT2D eigenvalue weighted by molar-refractivity contribution is 5.93. The van der Waals surface area contributed by atoms with Crippen molar-refractivity contribution >= 4 is 11.6 Å². The van der Waals surface area contributed by atoms with Gasteiger partial charge in [-0.25, -0.2) is 0 Å². The van der Waals surface area contributed by atoms with E-state index >= 15 is 0 Å². The number of aryl methyl sites for hydroxylation is 2. The first-order valence-corrected chi connectivity index (χ1v) is 8.82. The zero-order chi connectivity index (χ0) is 16.8. The Bertz CT molecular complexity index is 519. The van der Waals surface area contributed by atoms with E-state index in [1.807, 2.05) is 0 Å². The number of hydrogen-bond acceptors (Lipinski definition) is 3. The molecule has 1 aromatic rings. The van der Waals surface area contributed by atoms with E-state index in [4.69, 9.17) is 0 Å². The molecule has 1 saturated heterocycles. The molecule has 0 atom stereocenters. The molecule has 128 valence electrons.